The van der Waals surface area contributed by atoms with E-state index in [1.165, 1.54) is 10.9 Å². The van der Waals surface area contributed by atoms with Crippen molar-refractivity contribution in [2.75, 3.05) is 13.2 Å². The van der Waals surface area contributed by atoms with Crippen LogP contribution in [0, 0.1) is 0 Å². The van der Waals surface area contributed by atoms with Crippen molar-refractivity contribution in [2.45, 2.75) is 31.8 Å². The van der Waals surface area contributed by atoms with Crippen LogP contribution in [0.15, 0.2) is 54.7 Å². The Morgan fingerprint density at radius 2 is 1.74 bits per heavy atom. The molecule has 2 amide bonds. The third-order valence-electron chi connectivity index (χ3n) is 5.76. The molecule has 10 heteroatoms. The smallest absolute Gasteiger partial charge is 0.407 e. The standard InChI is InChI=1S/C24H25N5O5/c1-2-20(22(30)25-11-12-29-13-21(23(31)32)27-28-29)26-24(33)34-14-19-17-9-5-3-7-15(17)16-8-4-6-10-18(16)19/h3-10,13,19-20H,2,11-12,14H2,1H3,(H,25,30)(H,26,33)(H,31,32)/t20-/m0/s1. The highest BCUT2D eigenvalue weighted by atomic mass is 16.5. The maximum atomic E-state index is 12.5. The lowest BCUT2D eigenvalue weighted by molar-refractivity contribution is -0.123. The molecule has 0 saturated heterocycles. The van der Waals surface area contributed by atoms with Crippen LogP contribution < -0.4 is 10.6 Å². The van der Waals surface area contributed by atoms with E-state index in [0.29, 0.717) is 6.42 Å². The van der Waals surface area contributed by atoms with Crippen molar-refractivity contribution in [3.8, 4) is 11.1 Å². The zero-order chi connectivity index (χ0) is 24.1. The summed E-state index contributed by atoms with van der Waals surface area (Å²) in [5, 5.41) is 21.4. The number of carbonyl (C=O) groups excluding carboxylic acids is 2. The quantitative estimate of drug-likeness (QED) is 0.443. The highest BCUT2D eigenvalue weighted by Crippen LogP contribution is 2.44. The normalized spacial score (nSPS) is 13.0. The number of nitrogens with one attached hydrogen (secondary N) is 2. The minimum atomic E-state index is -1.17. The number of amides is 2. The van der Waals surface area contributed by atoms with Gasteiger partial charge in [0.2, 0.25) is 5.91 Å². The summed E-state index contributed by atoms with van der Waals surface area (Å²) >= 11 is 0. The fraction of sp³-hybridized carbons (Fsp3) is 0.292. The van der Waals surface area contributed by atoms with Gasteiger partial charge in [0, 0.05) is 12.5 Å². The number of benzene rings is 2. The molecule has 2 aromatic carbocycles. The minimum absolute atomic E-state index is 0.0644. The lowest BCUT2D eigenvalue weighted by Crippen LogP contribution is -2.47. The number of carboxylic acid groups (broad SMARTS) is 1. The number of nitrogens with zero attached hydrogens (tertiary/aromatic N) is 3. The number of carbonyl (C=O) groups is 3. The maximum absolute atomic E-state index is 12.5. The molecule has 0 aliphatic heterocycles. The Morgan fingerprint density at radius 3 is 2.32 bits per heavy atom. The molecule has 0 radical (unpaired) electrons. The van der Waals surface area contributed by atoms with Gasteiger partial charge in [-0.1, -0.05) is 60.7 Å². The van der Waals surface area contributed by atoms with Crippen LogP contribution in [-0.2, 0) is 16.1 Å². The molecule has 0 unspecified atom stereocenters. The van der Waals surface area contributed by atoms with Crippen LogP contribution >= 0.6 is 0 Å². The maximum Gasteiger partial charge on any atom is 0.407 e. The molecular weight excluding hydrogens is 438 g/mol. The van der Waals surface area contributed by atoms with Crippen molar-refractivity contribution in [3.63, 3.8) is 0 Å². The summed E-state index contributed by atoms with van der Waals surface area (Å²) in [5.74, 6) is -1.60. The number of ether oxygens (including phenoxy) is 1. The van der Waals surface area contributed by atoms with Crippen LogP contribution in [0.4, 0.5) is 4.79 Å². The second-order valence-electron chi connectivity index (χ2n) is 7.89. The van der Waals surface area contributed by atoms with E-state index >= 15 is 0 Å². The molecule has 3 N–H and O–H groups in total. The van der Waals surface area contributed by atoms with Crippen molar-refractivity contribution in [2.24, 2.45) is 0 Å². The monoisotopic (exact) mass is 463 g/mol. The molecule has 176 valence electrons. The van der Waals surface area contributed by atoms with Crippen LogP contribution in [0.5, 0.6) is 0 Å². The van der Waals surface area contributed by atoms with Gasteiger partial charge in [-0.05, 0) is 28.7 Å². The summed E-state index contributed by atoms with van der Waals surface area (Å²) in [6, 6.07) is 15.4. The molecule has 34 heavy (non-hydrogen) atoms. The number of carboxylic acids is 1. The third kappa shape index (κ3) is 4.90. The van der Waals surface area contributed by atoms with Gasteiger partial charge in [0.05, 0.1) is 12.7 Å². The first-order valence-electron chi connectivity index (χ1n) is 11.0. The number of rotatable bonds is 9. The van der Waals surface area contributed by atoms with Crippen molar-refractivity contribution >= 4 is 18.0 Å². The molecule has 0 saturated carbocycles. The summed E-state index contributed by atoms with van der Waals surface area (Å²) in [4.78, 5) is 35.8. The molecular formula is C24H25N5O5. The molecule has 3 aromatic rings. The molecule has 0 bridgehead atoms. The van der Waals surface area contributed by atoms with E-state index in [-0.39, 0.29) is 37.2 Å². The van der Waals surface area contributed by atoms with Gasteiger partial charge in [0.1, 0.15) is 12.6 Å². The molecule has 10 nitrogen and oxygen atoms in total. The fourth-order valence-electron chi connectivity index (χ4n) is 4.06. The molecule has 1 aliphatic carbocycles. The number of fused-ring (bicyclic) bond motifs is 3. The van der Waals surface area contributed by atoms with Crippen LogP contribution in [-0.4, -0.2) is 57.3 Å². The van der Waals surface area contributed by atoms with E-state index in [4.69, 9.17) is 9.84 Å². The van der Waals surface area contributed by atoms with E-state index < -0.39 is 18.1 Å². The van der Waals surface area contributed by atoms with Gasteiger partial charge in [0.25, 0.3) is 0 Å². The van der Waals surface area contributed by atoms with E-state index in [9.17, 15) is 14.4 Å². The number of aromatic nitrogens is 3. The van der Waals surface area contributed by atoms with Gasteiger partial charge in [-0.15, -0.1) is 5.10 Å². The van der Waals surface area contributed by atoms with Crippen LogP contribution in [0.2, 0.25) is 0 Å². The number of alkyl carbamates (subject to hydrolysis) is 1. The Morgan fingerprint density at radius 1 is 1.09 bits per heavy atom. The predicted octanol–water partition coefficient (Wildman–Crippen LogP) is 2.41. The van der Waals surface area contributed by atoms with E-state index in [0.717, 1.165) is 22.3 Å². The van der Waals surface area contributed by atoms with E-state index in [1.54, 1.807) is 6.92 Å². The Balaban J connectivity index is 1.28. The number of hydrogen-bond acceptors (Lipinski definition) is 6. The Kier molecular flexibility index (Phi) is 6.86. The lowest BCUT2D eigenvalue weighted by Gasteiger charge is -2.18. The molecule has 0 fully saturated rings. The first kappa shape index (κ1) is 23.0. The average Bonchev–Trinajstić information content (AvgIpc) is 3.44. The van der Waals surface area contributed by atoms with Crippen molar-refractivity contribution in [3.05, 3.63) is 71.5 Å². The largest absolute Gasteiger partial charge is 0.476 e. The molecule has 1 atom stereocenters. The van der Waals surface area contributed by atoms with Gasteiger partial charge < -0.3 is 20.5 Å². The van der Waals surface area contributed by atoms with Gasteiger partial charge >= 0.3 is 12.1 Å². The second kappa shape index (κ2) is 10.2. The van der Waals surface area contributed by atoms with Crippen molar-refractivity contribution < 1.29 is 24.2 Å². The van der Waals surface area contributed by atoms with Crippen molar-refractivity contribution in [1.29, 1.82) is 0 Å². The number of hydrogen-bond donors (Lipinski definition) is 3. The third-order valence-corrected chi connectivity index (χ3v) is 5.76. The van der Waals surface area contributed by atoms with Crippen LogP contribution in [0.1, 0.15) is 40.9 Å². The van der Waals surface area contributed by atoms with Gasteiger partial charge in [0.15, 0.2) is 5.69 Å². The average molecular weight is 463 g/mol. The van der Waals surface area contributed by atoms with Gasteiger partial charge in [-0.3, -0.25) is 4.79 Å². The van der Waals surface area contributed by atoms with Crippen molar-refractivity contribution in [1.82, 2.24) is 25.6 Å². The topological polar surface area (TPSA) is 135 Å². The first-order chi connectivity index (χ1) is 16.5. The van der Waals surface area contributed by atoms with Crippen LogP contribution in [0.25, 0.3) is 11.1 Å². The zero-order valence-corrected chi connectivity index (χ0v) is 18.6. The Hall–Kier alpha value is -4.21. The predicted molar refractivity (Wildman–Crippen MR) is 122 cm³/mol. The summed E-state index contributed by atoms with van der Waals surface area (Å²) in [5.41, 5.74) is 4.33. The summed E-state index contributed by atoms with van der Waals surface area (Å²) in [6.45, 7) is 2.39. The summed E-state index contributed by atoms with van der Waals surface area (Å²) in [7, 11) is 0. The molecule has 4 rings (SSSR count). The summed E-state index contributed by atoms with van der Waals surface area (Å²) in [6.07, 6.45) is 0.995. The van der Waals surface area contributed by atoms with Gasteiger partial charge in [-0.2, -0.15) is 0 Å². The Bertz CT molecular complexity index is 1160. The highest BCUT2D eigenvalue weighted by molar-refractivity contribution is 5.86. The summed E-state index contributed by atoms with van der Waals surface area (Å²) < 4.78 is 6.84. The minimum Gasteiger partial charge on any atom is -0.476 e. The molecule has 1 heterocycles. The second-order valence-corrected chi connectivity index (χ2v) is 7.89. The molecule has 1 aliphatic rings. The van der Waals surface area contributed by atoms with Crippen LogP contribution in [0.3, 0.4) is 0 Å². The highest BCUT2D eigenvalue weighted by Gasteiger charge is 2.29. The Labute approximate surface area is 195 Å². The van der Waals surface area contributed by atoms with E-state index in [2.05, 4.69) is 33.1 Å². The van der Waals surface area contributed by atoms with Gasteiger partial charge in [-0.25, -0.2) is 14.3 Å². The molecule has 1 aromatic heterocycles. The SMILES string of the molecule is CC[C@H](NC(=O)OCC1c2ccccc2-c2ccccc21)C(=O)NCCn1cc(C(=O)O)nn1. The first-order valence-corrected chi connectivity index (χ1v) is 11.0. The zero-order valence-electron chi connectivity index (χ0n) is 18.6. The number of aromatic carboxylic acids is 1. The van der Waals surface area contributed by atoms with E-state index in [1.807, 2.05) is 36.4 Å². The fourth-order valence-corrected chi connectivity index (χ4v) is 4.06. The molecule has 0 spiro atoms. The lowest BCUT2D eigenvalue weighted by atomic mass is 9.98.